The number of amides is 2. The summed E-state index contributed by atoms with van der Waals surface area (Å²) in [6.45, 7) is 5.75. The molecule has 1 saturated heterocycles. The van der Waals surface area contributed by atoms with Gasteiger partial charge in [0.05, 0.1) is 11.9 Å². The van der Waals surface area contributed by atoms with Gasteiger partial charge in [0.15, 0.2) is 0 Å². The number of carbonyl (C=O) groups is 1. The summed E-state index contributed by atoms with van der Waals surface area (Å²) in [5, 5.41) is 3.40. The third kappa shape index (κ3) is 2.12. The lowest BCUT2D eigenvalue weighted by Gasteiger charge is -2.12. The molecule has 3 heterocycles. The zero-order valence-corrected chi connectivity index (χ0v) is 14.8. The van der Waals surface area contributed by atoms with Crippen molar-refractivity contribution in [1.82, 2.24) is 19.4 Å². The van der Waals surface area contributed by atoms with Crippen LogP contribution in [0.5, 0.6) is 0 Å². The highest BCUT2D eigenvalue weighted by atomic mass is 32.1. The van der Waals surface area contributed by atoms with E-state index in [9.17, 15) is 14.4 Å². The van der Waals surface area contributed by atoms with Crippen LogP contribution >= 0.6 is 11.3 Å². The van der Waals surface area contributed by atoms with Crippen LogP contribution in [0.1, 0.15) is 29.8 Å². The second kappa shape index (κ2) is 5.20. The van der Waals surface area contributed by atoms with Crippen molar-refractivity contribution < 1.29 is 4.79 Å². The van der Waals surface area contributed by atoms with E-state index >= 15 is 0 Å². The van der Waals surface area contributed by atoms with E-state index in [2.05, 4.69) is 12.2 Å². The van der Waals surface area contributed by atoms with E-state index in [4.69, 9.17) is 0 Å². The number of aryl methyl sites for hydroxylation is 2. The van der Waals surface area contributed by atoms with Crippen molar-refractivity contribution in [2.45, 2.75) is 32.9 Å². The Kier molecular flexibility index (Phi) is 3.35. The van der Waals surface area contributed by atoms with Gasteiger partial charge in [0.1, 0.15) is 4.83 Å². The maximum atomic E-state index is 12.9. The molecule has 1 N–H and O–H groups in total. The lowest BCUT2D eigenvalue weighted by molar-refractivity contribution is 0.216. The first-order valence-electron chi connectivity index (χ1n) is 8.16. The molecular formula is C16H20N4O3S. The van der Waals surface area contributed by atoms with E-state index in [0.717, 1.165) is 16.9 Å². The Morgan fingerprint density at radius 3 is 2.58 bits per heavy atom. The summed E-state index contributed by atoms with van der Waals surface area (Å²) < 4.78 is 2.99. The Morgan fingerprint density at radius 1 is 1.29 bits per heavy atom. The first-order chi connectivity index (χ1) is 11.4. The molecule has 0 radical (unpaired) electrons. The number of carbonyl (C=O) groups excluding carboxylic acids is 1. The number of aromatic nitrogens is 2. The molecule has 128 valence electrons. The standard InChI is InChI=1S/C16H20N4O3S/c1-8-6-10(8)20-13(21)12-9(2)11(7-19-5-4-17-15(19)22)24-14(12)18(3)16(20)23/h8,10H,4-7H2,1-3H3,(H,17,22). The summed E-state index contributed by atoms with van der Waals surface area (Å²) in [6.07, 6.45) is 0.880. The number of hydrogen-bond acceptors (Lipinski definition) is 4. The summed E-state index contributed by atoms with van der Waals surface area (Å²) in [5.41, 5.74) is 0.458. The molecule has 1 aliphatic carbocycles. The molecule has 4 rings (SSSR count). The van der Waals surface area contributed by atoms with E-state index in [1.807, 2.05) is 6.92 Å². The quantitative estimate of drug-likeness (QED) is 0.905. The van der Waals surface area contributed by atoms with Crippen LogP contribution in [0.25, 0.3) is 10.2 Å². The van der Waals surface area contributed by atoms with Gasteiger partial charge in [-0.05, 0) is 24.8 Å². The maximum Gasteiger partial charge on any atom is 0.332 e. The van der Waals surface area contributed by atoms with Crippen LogP contribution in [0.2, 0.25) is 0 Å². The van der Waals surface area contributed by atoms with Crippen molar-refractivity contribution in [1.29, 1.82) is 0 Å². The fourth-order valence-corrected chi connectivity index (χ4v) is 4.70. The van der Waals surface area contributed by atoms with Crippen molar-refractivity contribution in [3.63, 3.8) is 0 Å². The predicted octanol–water partition coefficient (Wildman–Crippen LogP) is 1.18. The maximum absolute atomic E-state index is 12.9. The zero-order chi connectivity index (χ0) is 17.2. The van der Waals surface area contributed by atoms with Crippen LogP contribution in [0.3, 0.4) is 0 Å². The van der Waals surface area contributed by atoms with Crippen LogP contribution < -0.4 is 16.6 Å². The first kappa shape index (κ1) is 15.4. The number of nitrogens with one attached hydrogen (secondary N) is 1. The molecule has 0 aromatic carbocycles. The average molecular weight is 348 g/mol. The zero-order valence-electron chi connectivity index (χ0n) is 14.0. The van der Waals surface area contributed by atoms with Gasteiger partial charge < -0.3 is 10.2 Å². The number of fused-ring (bicyclic) bond motifs is 1. The van der Waals surface area contributed by atoms with Crippen LogP contribution in [0.4, 0.5) is 4.79 Å². The number of rotatable bonds is 3. The minimum Gasteiger partial charge on any atom is -0.336 e. The topological polar surface area (TPSA) is 76.3 Å². The predicted molar refractivity (Wildman–Crippen MR) is 92.7 cm³/mol. The summed E-state index contributed by atoms with van der Waals surface area (Å²) in [4.78, 5) is 40.7. The second-order valence-electron chi connectivity index (χ2n) is 6.78. The monoisotopic (exact) mass is 348 g/mol. The van der Waals surface area contributed by atoms with Crippen molar-refractivity contribution in [3.05, 3.63) is 31.3 Å². The van der Waals surface area contributed by atoms with E-state index in [-0.39, 0.29) is 23.3 Å². The van der Waals surface area contributed by atoms with Gasteiger partial charge in [-0.2, -0.15) is 0 Å². The van der Waals surface area contributed by atoms with Crippen LogP contribution in [0.15, 0.2) is 9.59 Å². The molecule has 1 aliphatic heterocycles. The minimum atomic E-state index is -0.242. The molecule has 2 aromatic rings. The lowest BCUT2D eigenvalue weighted by Crippen LogP contribution is -2.38. The van der Waals surface area contributed by atoms with Crippen molar-refractivity contribution in [3.8, 4) is 0 Å². The highest BCUT2D eigenvalue weighted by Crippen LogP contribution is 2.41. The Morgan fingerprint density at radius 2 is 2.00 bits per heavy atom. The smallest absolute Gasteiger partial charge is 0.332 e. The molecule has 2 aromatic heterocycles. The highest BCUT2D eigenvalue weighted by molar-refractivity contribution is 7.18. The molecule has 8 heteroatoms. The summed E-state index contributed by atoms with van der Waals surface area (Å²) in [6, 6.07) is -0.0577. The molecule has 2 unspecified atom stereocenters. The molecule has 2 aliphatic rings. The fourth-order valence-electron chi connectivity index (χ4n) is 3.43. The Balaban J connectivity index is 1.87. The molecule has 7 nitrogen and oxygen atoms in total. The normalized spacial score (nSPS) is 23.1. The number of urea groups is 1. The highest BCUT2D eigenvalue weighted by Gasteiger charge is 2.38. The molecule has 1 saturated carbocycles. The van der Waals surface area contributed by atoms with Gasteiger partial charge in [0.25, 0.3) is 5.56 Å². The largest absolute Gasteiger partial charge is 0.336 e. The molecule has 2 atom stereocenters. The van der Waals surface area contributed by atoms with E-state index in [1.165, 1.54) is 15.9 Å². The first-order valence-corrected chi connectivity index (χ1v) is 8.98. The fraction of sp³-hybridized carbons (Fsp3) is 0.562. The van der Waals surface area contributed by atoms with Gasteiger partial charge in [0.2, 0.25) is 0 Å². The summed E-state index contributed by atoms with van der Waals surface area (Å²) in [5.74, 6) is 0.375. The van der Waals surface area contributed by atoms with Gasteiger partial charge in [-0.15, -0.1) is 11.3 Å². The van der Waals surface area contributed by atoms with Gasteiger partial charge in [-0.1, -0.05) is 6.92 Å². The van der Waals surface area contributed by atoms with E-state index < -0.39 is 0 Å². The van der Waals surface area contributed by atoms with Crippen LogP contribution in [-0.2, 0) is 13.6 Å². The minimum absolute atomic E-state index is 0.0210. The van der Waals surface area contributed by atoms with E-state index in [0.29, 0.717) is 35.8 Å². The molecule has 24 heavy (non-hydrogen) atoms. The number of hydrogen-bond donors (Lipinski definition) is 1. The van der Waals surface area contributed by atoms with Crippen molar-refractivity contribution in [2.24, 2.45) is 13.0 Å². The van der Waals surface area contributed by atoms with Gasteiger partial charge in [-0.25, -0.2) is 9.59 Å². The summed E-state index contributed by atoms with van der Waals surface area (Å²) in [7, 11) is 1.72. The van der Waals surface area contributed by atoms with Crippen LogP contribution in [-0.4, -0.2) is 33.2 Å². The Hall–Kier alpha value is -2.09. The van der Waals surface area contributed by atoms with Gasteiger partial charge >= 0.3 is 11.7 Å². The molecule has 0 spiro atoms. The third-order valence-electron chi connectivity index (χ3n) is 5.14. The van der Waals surface area contributed by atoms with E-state index in [1.54, 1.807) is 16.5 Å². The summed E-state index contributed by atoms with van der Waals surface area (Å²) >= 11 is 1.44. The molecule has 0 bridgehead atoms. The Bertz CT molecular complexity index is 970. The van der Waals surface area contributed by atoms with Crippen LogP contribution in [0, 0.1) is 12.8 Å². The van der Waals surface area contributed by atoms with Gasteiger partial charge in [0, 0.05) is 31.1 Å². The molecule has 2 amide bonds. The SMILES string of the molecule is Cc1c(CN2CCNC2=O)sc2c1c(=O)n(C1CC1C)c(=O)n2C. The number of nitrogens with zero attached hydrogens (tertiary/aromatic N) is 3. The van der Waals surface area contributed by atoms with Crippen molar-refractivity contribution in [2.75, 3.05) is 13.1 Å². The second-order valence-corrected chi connectivity index (χ2v) is 7.86. The van der Waals surface area contributed by atoms with Gasteiger partial charge in [-0.3, -0.25) is 13.9 Å². The Labute approximate surface area is 142 Å². The average Bonchev–Trinajstić information content (AvgIpc) is 2.95. The third-order valence-corrected chi connectivity index (χ3v) is 6.49. The number of thiophene rings is 1. The molecular weight excluding hydrogens is 328 g/mol. The lowest BCUT2D eigenvalue weighted by atomic mass is 10.2. The molecule has 2 fully saturated rings. The van der Waals surface area contributed by atoms with Crippen molar-refractivity contribution >= 4 is 27.6 Å².